The van der Waals surface area contributed by atoms with Gasteiger partial charge in [0.05, 0.1) is 42.7 Å². The van der Waals surface area contributed by atoms with Crippen LogP contribution in [-0.2, 0) is 49.5 Å². The molecule has 0 spiro atoms. The second-order valence-electron chi connectivity index (χ2n) is 19.6. The number of nitrogens with two attached hydrogens (primary N) is 1. The van der Waals surface area contributed by atoms with E-state index in [2.05, 4.69) is 29.5 Å². The Morgan fingerprint density at radius 2 is 1.50 bits per heavy atom. The number of methoxy groups -OCH3 is 2. The van der Waals surface area contributed by atoms with Gasteiger partial charge in [-0.15, -0.1) is 0 Å². The van der Waals surface area contributed by atoms with Gasteiger partial charge in [-0.05, 0) is 75.7 Å². The highest BCUT2D eigenvalue weighted by molar-refractivity contribution is 6.12. The fourth-order valence-electron chi connectivity index (χ4n) is 10.4. The maximum atomic E-state index is 14.5. The number of carbonyl (C=O) groups is 7. The molecule has 378 valence electrons. The maximum absolute atomic E-state index is 14.5. The van der Waals surface area contributed by atoms with Crippen molar-refractivity contribution in [3.63, 3.8) is 0 Å². The Balaban J connectivity index is 1.40. The molecule has 68 heavy (non-hydrogen) atoms. The van der Waals surface area contributed by atoms with Crippen LogP contribution >= 0.6 is 0 Å². The second-order valence-corrected chi connectivity index (χ2v) is 19.6. The molecule has 5 N–H and O–H groups in total. The third kappa shape index (κ3) is 14.1. The highest BCUT2D eigenvalue weighted by Gasteiger charge is 2.44. The molecule has 4 rings (SSSR count). The molecule has 0 radical (unpaired) electrons. The molecule has 0 aliphatic carbocycles. The number of carbonyl (C=O) groups excluding carboxylic acids is 7. The Morgan fingerprint density at radius 1 is 0.868 bits per heavy atom. The number of aromatic nitrogens is 1. The van der Waals surface area contributed by atoms with Crippen LogP contribution in [0.3, 0.4) is 0 Å². The number of likely N-dealkylation sites (N-methyl/N-ethyl adjacent to an activating group) is 2. The first kappa shape index (κ1) is 55.6. The number of primary amides is 1. The molecule has 1 aromatic carbocycles. The van der Waals surface area contributed by atoms with Crippen molar-refractivity contribution in [1.82, 2.24) is 35.2 Å². The van der Waals surface area contributed by atoms with Crippen molar-refractivity contribution < 1.29 is 43.0 Å². The van der Waals surface area contributed by atoms with E-state index in [9.17, 15) is 33.6 Å². The Morgan fingerprint density at radius 3 is 2.10 bits per heavy atom. The van der Waals surface area contributed by atoms with Crippen molar-refractivity contribution in [3.05, 3.63) is 48.2 Å². The van der Waals surface area contributed by atoms with E-state index in [4.69, 9.17) is 15.2 Å². The van der Waals surface area contributed by atoms with Gasteiger partial charge in [-0.3, -0.25) is 53.6 Å². The van der Waals surface area contributed by atoms with E-state index in [0.29, 0.717) is 38.9 Å². The monoisotopic (exact) mass is 949 g/mol. The average Bonchev–Trinajstić information content (AvgIpc) is 4.02. The lowest BCUT2D eigenvalue weighted by atomic mass is 9.87. The van der Waals surface area contributed by atoms with Crippen LogP contribution in [0.4, 0.5) is 0 Å². The number of hydrogen-bond acceptors (Lipinski definition) is 11. The first-order chi connectivity index (χ1) is 32.3. The van der Waals surface area contributed by atoms with E-state index in [0.717, 1.165) is 42.1 Å². The third-order valence-electron chi connectivity index (χ3n) is 14.2. The molecule has 2 aliphatic heterocycles. The largest absolute Gasteiger partial charge is 0.379 e. The highest BCUT2D eigenvalue weighted by Crippen LogP contribution is 2.31. The Hall–Kier alpha value is -4.97. The molecule has 9 atom stereocenters. The summed E-state index contributed by atoms with van der Waals surface area (Å²) >= 11 is 0. The van der Waals surface area contributed by atoms with Crippen molar-refractivity contribution >= 4 is 52.3 Å². The summed E-state index contributed by atoms with van der Waals surface area (Å²) < 4.78 is 12.1. The number of likely N-dealkylation sites (tertiary alicyclic amines) is 1. The van der Waals surface area contributed by atoms with Gasteiger partial charge < -0.3 is 30.4 Å². The Labute approximate surface area is 403 Å². The summed E-state index contributed by atoms with van der Waals surface area (Å²) in [5.41, 5.74) is 7.57. The fourth-order valence-corrected chi connectivity index (χ4v) is 10.4. The number of H-pyrrole nitrogens is 1. The molecule has 0 saturated carbocycles. The minimum Gasteiger partial charge on any atom is -0.379 e. The number of unbranched alkanes of at least 4 members (excludes halogenated alkanes) is 3. The lowest BCUT2D eigenvalue weighted by Crippen LogP contribution is -2.60. The summed E-state index contributed by atoms with van der Waals surface area (Å²) in [5, 5.41) is 6.56. The molecule has 17 heteroatoms. The summed E-state index contributed by atoms with van der Waals surface area (Å²) in [4.78, 5) is 103. The lowest BCUT2D eigenvalue weighted by molar-refractivity contribution is -0.144. The van der Waals surface area contributed by atoms with Crippen molar-refractivity contribution in [2.75, 3.05) is 47.9 Å². The molecule has 17 nitrogen and oxygen atoms in total. The lowest BCUT2D eigenvalue weighted by Gasteiger charge is -2.43. The molecule has 7 amide bonds. The molecule has 2 aromatic rings. The van der Waals surface area contributed by atoms with E-state index in [1.165, 1.54) is 24.2 Å². The van der Waals surface area contributed by atoms with Gasteiger partial charge in [0.1, 0.15) is 6.04 Å². The molecule has 2 aliphatic rings. The first-order valence-corrected chi connectivity index (χ1v) is 24.6. The van der Waals surface area contributed by atoms with Crippen molar-refractivity contribution in [2.24, 2.45) is 29.4 Å². The second kappa shape index (κ2) is 26.1. The molecule has 3 heterocycles. The predicted octanol–water partition coefficient (Wildman–Crippen LogP) is 4.18. The zero-order valence-electron chi connectivity index (χ0n) is 42.4. The molecule has 1 saturated heterocycles. The fraction of sp³-hybridized carbons (Fsp3) is 0.667. The normalized spacial score (nSPS) is 18.9. The molecular formula is C51H80N8O9. The van der Waals surface area contributed by atoms with E-state index in [1.54, 1.807) is 18.9 Å². The number of fused-ring (bicyclic) bond motifs is 1. The minimum atomic E-state index is -0.965. The van der Waals surface area contributed by atoms with E-state index in [1.807, 2.05) is 82.1 Å². The van der Waals surface area contributed by atoms with Crippen LogP contribution < -0.4 is 16.4 Å². The van der Waals surface area contributed by atoms with Gasteiger partial charge in [0.25, 0.3) is 11.8 Å². The number of para-hydroxylation sites is 1. The average molecular weight is 949 g/mol. The number of imide groups is 2. The Bertz CT molecular complexity index is 2050. The van der Waals surface area contributed by atoms with Gasteiger partial charge >= 0.3 is 0 Å². The number of rotatable bonds is 28. The van der Waals surface area contributed by atoms with Crippen LogP contribution in [0.15, 0.2) is 42.6 Å². The summed E-state index contributed by atoms with van der Waals surface area (Å²) in [6.45, 7) is 15.1. The number of benzene rings is 1. The number of nitrogens with zero attached hydrogens (tertiary/aromatic N) is 4. The van der Waals surface area contributed by atoms with E-state index in [-0.39, 0.29) is 54.2 Å². The number of ether oxygens (including phenoxy) is 2. The smallest absolute Gasteiger partial charge is 0.253 e. The van der Waals surface area contributed by atoms with Gasteiger partial charge in [0.15, 0.2) is 0 Å². The van der Waals surface area contributed by atoms with Crippen LogP contribution in [0.25, 0.3) is 10.9 Å². The SMILES string of the molecule is CC[C@H](C)[C@@H]([C@@H](CC(=O)N1CCC[C@H]1[C@H](OC)[C@@H](C)C(=O)N[C@@H](Cc1c[nH]c2ccccc12)C(N)=O)OC)N(C)[C@H](C(=O)NC(=O)[C@H](C(C)C)N(C)CCCCCCN1C(=O)C=CC1=O)C(C)C. The van der Waals surface area contributed by atoms with Gasteiger partial charge in [0, 0.05) is 69.0 Å². The number of aromatic amines is 1. The molecule has 1 fully saturated rings. The van der Waals surface area contributed by atoms with Crippen molar-refractivity contribution in [3.8, 4) is 0 Å². The maximum Gasteiger partial charge on any atom is 0.253 e. The van der Waals surface area contributed by atoms with Crippen molar-refractivity contribution in [2.45, 2.75) is 149 Å². The zero-order valence-corrected chi connectivity index (χ0v) is 42.4. The van der Waals surface area contributed by atoms with Crippen molar-refractivity contribution in [1.29, 1.82) is 0 Å². The molecule has 0 unspecified atom stereocenters. The number of amides is 7. The zero-order chi connectivity index (χ0) is 50.4. The molecule has 0 bridgehead atoms. The van der Waals surface area contributed by atoms with Gasteiger partial charge in [0.2, 0.25) is 29.5 Å². The quantitative estimate of drug-likeness (QED) is 0.0701. The molecular weight excluding hydrogens is 869 g/mol. The Kier molecular flexibility index (Phi) is 21.4. The summed E-state index contributed by atoms with van der Waals surface area (Å²) in [6.07, 6.45) is 8.55. The van der Waals surface area contributed by atoms with Crippen LogP contribution in [0.1, 0.15) is 105 Å². The predicted molar refractivity (Wildman–Crippen MR) is 262 cm³/mol. The van der Waals surface area contributed by atoms with Crippen LogP contribution in [0.5, 0.6) is 0 Å². The summed E-state index contributed by atoms with van der Waals surface area (Å²) in [7, 11) is 6.84. The summed E-state index contributed by atoms with van der Waals surface area (Å²) in [6, 6.07) is 4.62. The molecule has 1 aromatic heterocycles. The van der Waals surface area contributed by atoms with Crippen LogP contribution in [0.2, 0.25) is 0 Å². The van der Waals surface area contributed by atoms with Crippen LogP contribution in [-0.4, -0.2) is 156 Å². The highest BCUT2D eigenvalue weighted by atomic mass is 16.5. The first-order valence-electron chi connectivity index (χ1n) is 24.6. The number of nitrogens with one attached hydrogen (secondary N) is 3. The van der Waals surface area contributed by atoms with Crippen LogP contribution in [0, 0.1) is 23.7 Å². The van der Waals surface area contributed by atoms with Gasteiger partial charge in [-0.1, -0.05) is 85.9 Å². The third-order valence-corrected chi connectivity index (χ3v) is 14.2. The van der Waals surface area contributed by atoms with E-state index >= 15 is 0 Å². The number of hydrogen-bond donors (Lipinski definition) is 4. The standard InChI is InChI=1S/C51H80N8O9/c1-12-33(6)46(57(9)45(32(4)5)51(66)55-50(65)44(31(2)3)56(8)25-17-13-14-18-26-59-41(60)23-24-42(59)61)40(67-10)29-43(62)58-27-19-22-39(58)47(68-11)34(7)49(64)54-38(48(52)63)28-35-30-53-37-21-16-15-20-36(35)37/h15-16,20-21,23-24,30-34,38-40,44-47,53H,12-14,17-19,22,25-29H2,1-11H3,(H2,52,63)(H,54,64)(H,55,65,66)/t33-,34+,38-,39-,40+,44-,45-,46-,47+/m0/s1. The minimum absolute atomic E-state index is 0.00895. The van der Waals surface area contributed by atoms with E-state index < -0.39 is 66.1 Å². The van der Waals surface area contributed by atoms with Gasteiger partial charge in [-0.2, -0.15) is 0 Å². The van der Waals surface area contributed by atoms with Gasteiger partial charge in [-0.25, -0.2) is 0 Å². The topological polar surface area (TPSA) is 217 Å². The summed E-state index contributed by atoms with van der Waals surface area (Å²) in [5.74, 6) is -3.63.